The molecule has 1 fully saturated rings. The highest BCUT2D eigenvalue weighted by atomic mass is 32.2. The lowest BCUT2D eigenvalue weighted by atomic mass is 9.96. The zero-order valence-electron chi connectivity index (χ0n) is 18.4. The van der Waals surface area contributed by atoms with Crippen LogP contribution in [-0.2, 0) is 9.59 Å². The Kier molecular flexibility index (Phi) is 7.35. The minimum Gasteiger partial charge on any atom is -0.494 e. The number of nitrogens with one attached hydrogen (secondary N) is 1. The van der Waals surface area contributed by atoms with Gasteiger partial charge in [-0.15, -0.1) is 0 Å². The second-order valence-corrected chi connectivity index (χ2v) is 8.65. The number of benzene rings is 2. The van der Waals surface area contributed by atoms with Crippen LogP contribution in [0, 0.1) is 12.7 Å². The lowest BCUT2D eigenvalue weighted by molar-refractivity contribution is -0.127. The van der Waals surface area contributed by atoms with E-state index in [9.17, 15) is 18.8 Å². The van der Waals surface area contributed by atoms with Crippen molar-refractivity contribution in [1.82, 2.24) is 4.90 Å². The SMILES string of the molecule is CCOc1cc(C)c(/C=C2/SC(=O)N(CC(=O)Nc3cccc(F)c3)C2=O)cc1C(C)C. The fourth-order valence-electron chi connectivity index (χ4n) is 3.29. The molecular formula is C24H25FN2O4S. The topological polar surface area (TPSA) is 75.7 Å². The average Bonchev–Trinajstić information content (AvgIpc) is 2.97. The number of carbonyl (C=O) groups is 3. The summed E-state index contributed by atoms with van der Waals surface area (Å²) in [6.07, 6.45) is 1.67. The average molecular weight is 457 g/mol. The Morgan fingerprint density at radius 3 is 2.66 bits per heavy atom. The van der Waals surface area contributed by atoms with Crippen LogP contribution in [0.15, 0.2) is 41.3 Å². The van der Waals surface area contributed by atoms with Crippen LogP contribution in [0.25, 0.3) is 6.08 Å². The van der Waals surface area contributed by atoms with Gasteiger partial charge in [0.25, 0.3) is 11.1 Å². The van der Waals surface area contributed by atoms with Gasteiger partial charge in [0.15, 0.2) is 0 Å². The predicted molar refractivity (Wildman–Crippen MR) is 124 cm³/mol. The third-order valence-electron chi connectivity index (χ3n) is 4.89. The normalized spacial score (nSPS) is 15.1. The molecule has 0 unspecified atom stereocenters. The van der Waals surface area contributed by atoms with E-state index in [1.54, 1.807) is 6.08 Å². The number of aryl methyl sites for hydroxylation is 1. The number of imide groups is 1. The summed E-state index contributed by atoms with van der Waals surface area (Å²) in [7, 11) is 0. The first-order chi connectivity index (χ1) is 15.2. The van der Waals surface area contributed by atoms with E-state index in [-0.39, 0.29) is 16.5 Å². The molecule has 0 spiro atoms. The monoisotopic (exact) mass is 456 g/mol. The molecule has 1 saturated heterocycles. The van der Waals surface area contributed by atoms with Gasteiger partial charge >= 0.3 is 0 Å². The molecule has 1 N–H and O–H groups in total. The van der Waals surface area contributed by atoms with E-state index in [0.29, 0.717) is 6.61 Å². The number of anilines is 1. The van der Waals surface area contributed by atoms with E-state index in [2.05, 4.69) is 19.2 Å². The van der Waals surface area contributed by atoms with Gasteiger partial charge in [0, 0.05) is 5.69 Å². The number of thioether (sulfide) groups is 1. The van der Waals surface area contributed by atoms with Crippen molar-refractivity contribution in [3.05, 3.63) is 63.8 Å². The molecule has 0 aliphatic carbocycles. The second-order valence-electron chi connectivity index (χ2n) is 7.66. The van der Waals surface area contributed by atoms with Crippen molar-refractivity contribution in [2.45, 2.75) is 33.6 Å². The maximum atomic E-state index is 13.3. The van der Waals surface area contributed by atoms with Gasteiger partial charge in [-0.1, -0.05) is 19.9 Å². The quantitative estimate of drug-likeness (QED) is 0.570. The summed E-state index contributed by atoms with van der Waals surface area (Å²) < 4.78 is 19.0. The number of halogens is 1. The summed E-state index contributed by atoms with van der Waals surface area (Å²) in [6, 6.07) is 9.29. The Hall–Kier alpha value is -3.13. The molecule has 2 aromatic rings. The highest BCUT2D eigenvalue weighted by molar-refractivity contribution is 8.18. The Morgan fingerprint density at radius 1 is 1.25 bits per heavy atom. The molecule has 0 saturated carbocycles. The summed E-state index contributed by atoms with van der Waals surface area (Å²) >= 11 is 0.792. The minimum atomic E-state index is -0.585. The van der Waals surface area contributed by atoms with Crippen LogP contribution < -0.4 is 10.1 Å². The number of carbonyl (C=O) groups excluding carboxylic acids is 3. The molecule has 3 amide bonds. The smallest absolute Gasteiger partial charge is 0.294 e. The molecule has 6 nitrogen and oxygen atoms in total. The molecule has 1 aliphatic rings. The fourth-order valence-corrected chi connectivity index (χ4v) is 4.12. The number of hydrogen-bond donors (Lipinski definition) is 1. The predicted octanol–water partition coefficient (Wildman–Crippen LogP) is 5.33. The van der Waals surface area contributed by atoms with Crippen LogP contribution >= 0.6 is 11.8 Å². The maximum absolute atomic E-state index is 13.3. The molecule has 3 rings (SSSR count). The minimum absolute atomic E-state index is 0.214. The molecule has 0 atom stereocenters. The van der Waals surface area contributed by atoms with E-state index >= 15 is 0 Å². The Morgan fingerprint density at radius 2 is 2.00 bits per heavy atom. The van der Waals surface area contributed by atoms with Gasteiger partial charge in [-0.05, 0) is 84.6 Å². The Labute approximate surface area is 190 Å². The largest absolute Gasteiger partial charge is 0.494 e. The zero-order chi connectivity index (χ0) is 23.4. The lowest BCUT2D eigenvalue weighted by Gasteiger charge is -2.16. The van der Waals surface area contributed by atoms with Gasteiger partial charge in [0.1, 0.15) is 18.1 Å². The van der Waals surface area contributed by atoms with Crippen LogP contribution in [0.5, 0.6) is 5.75 Å². The first-order valence-corrected chi connectivity index (χ1v) is 11.1. The molecule has 32 heavy (non-hydrogen) atoms. The van der Waals surface area contributed by atoms with E-state index < -0.39 is 29.4 Å². The van der Waals surface area contributed by atoms with Gasteiger partial charge in [0.2, 0.25) is 5.91 Å². The van der Waals surface area contributed by atoms with Crippen molar-refractivity contribution in [1.29, 1.82) is 0 Å². The number of hydrogen-bond acceptors (Lipinski definition) is 5. The lowest BCUT2D eigenvalue weighted by Crippen LogP contribution is -2.36. The Balaban J connectivity index is 1.79. The highest BCUT2D eigenvalue weighted by Crippen LogP contribution is 2.35. The molecule has 0 aromatic heterocycles. The summed E-state index contributed by atoms with van der Waals surface area (Å²) in [5, 5.41) is 1.97. The number of nitrogens with zero attached hydrogens (tertiary/aromatic N) is 1. The molecule has 1 heterocycles. The van der Waals surface area contributed by atoms with E-state index in [0.717, 1.165) is 45.2 Å². The van der Waals surface area contributed by atoms with Crippen molar-refractivity contribution in [2.24, 2.45) is 0 Å². The summed E-state index contributed by atoms with van der Waals surface area (Å²) in [4.78, 5) is 38.6. The van der Waals surface area contributed by atoms with Crippen molar-refractivity contribution in [2.75, 3.05) is 18.5 Å². The molecule has 0 radical (unpaired) electrons. The standard InChI is InChI=1S/C24H25FN2O4S/c1-5-31-20-9-15(4)16(10-19(20)14(2)3)11-21-23(29)27(24(30)32-21)13-22(28)26-18-8-6-7-17(25)12-18/h6-12,14H,5,13H2,1-4H3,(H,26,28)/b21-11+. The Bertz CT molecular complexity index is 1100. The summed E-state index contributed by atoms with van der Waals surface area (Å²) in [6.45, 7) is 8.06. The van der Waals surface area contributed by atoms with Crippen molar-refractivity contribution < 1.29 is 23.5 Å². The van der Waals surface area contributed by atoms with Crippen LogP contribution in [0.1, 0.15) is 43.4 Å². The molecule has 2 aromatic carbocycles. The van der Waals surface area contributed by atoms with Crippen LogP contribution in [0.2, 0.25) is 0 Å². The summed E-state index contributed by atoms with van der Waals surface area (Å²) in [5.74, 6) is -0.596. The van der Waals surface area contributed by atoms with Crippen LogP contribution in [0.3, 0.4) is 0 Å². The van der Waals surface area contributed by atoms with Gasteiger partial charge in [-0.2, -0.15) is 0 Å². The first-order valence-electron chi connectivity index (χ1n) is 10.3. The van der Waals surface area contributed by atoms with Crippen LogP contribution in [0.4, 0.5) is 14.9 Å². The number of amides is 3. The van der Waals surface area contributed by atoms with Gasteiger partial charge in [-0.25, -0.2) is 4.39 Å². The van der Waals surface area contributed by atoms with Gasteiger partial charge in [0.05, 0.1) is 11.5 Å². The maximum Gasteiger partial charge on any atom is 0.294 e. The second kappa shape index (κ2) is 9.99. The third-order valence-corrected chi connectivity index (χ3v) is 5.80. The van der Waals surface area contributed by atoms with E-state index in [4.69, 9.17) is 4.74 Å². The van der Waals surface area contributed by atoms with E-state index in [1.807, 2.05) is 26.0 Å². The molecule has 168 valence electrons. The van der Waals surface area contributed by atoms with Crippen molar-refractivity contribution in [3.8, 4) is 5.75 Å². The van der Waals surface area contributed by atoms with Crippen molar-refractivity contribution >= 4 is 40.6 Å². The zero-order valence-corrected chi connectivity index (χ0v) is 19.2. The molecular weight excluding hydrogens is 431 g/mol. The van der Waals surface area contributed by atoms with Crippen LogP contribution in [-0.4, -0.2) is 35.1 Å². The van der Waals surface area contributed by atoms with Gasteiger partial charge in [-0.3, -0.25) is 19.3 Å². The van der Waals surface area contributed by atoms with Crippen molar-refractivity contribution in [3.63, 3.8) is 0 Å². The molecule has 0 bridgehead atoms. The molecule has 1 aliphatic heterocycles. The first kappa shape index (κ1) is 23.5. The van der Waals surface area contributed by atoms with E-state index in [1.165, 1.54) is 18.2 Å². The van der Waals surface area contributed by atoms with Gasteiger partial charge < -0.3 is 10.1 Å². The summed E-state index contributed by atoms with van der Waals surface area (Å²) in [5.41, 5.74) is 2.99. The highest BCUT2D eigenvalue weighted by Gasteiger charge is 2.36. The number of ether oxygens (including phenoxy) is 1. The fraction of sp³-hybridized carbons (Fsp3) is 0.292. The number of rotatable bonds is 7. The third kappa shape index (κ3) is 5.37. The molecule has 8 heteroatoms.